The smallest absolute Gasteiger partial charge is 0.238 e. The van der Waals surface area contributed by atoms with Gasteiger partial charge in [0.15, 0.2) is 0 Å². The number of carbonyl (C=O) groups is 1. The summed E-state index contributed by atoms with van der Waals surface area (Å²) in [7, 11) is -3.71. The molecule has 7 nitrogen and oxygen atoms in total. The topological polar surface area (TPSA) is 98.3 Å². The molecule has 8 heteroatoms. The number of carbonyl (C=O) groups excluding carboxylic acids is 1. The first-order chi connectivity index (χ1) is 11.4. The molecule has 2 heterocycles. The highest BCUT2D eigenvalue weighted by Crippen LogP contribution is 2.20. The maximum Gasteiger partial charge on any atom is 0.238 e. The molecule has 1 amide bonds. The molecule has 3 rings (SSSR count). The number of benzene rings is 1. The molecule has 1 aliphatic heterocycles. The standard InChI is InChI=1S/C16H20N4O3S/c17-24(22,23)15-6-4-13(5-7-15)11-16(21)20-10-1-3-14(20)12-19-9-2-8-18-19/h2,4-9,14H,1,3,10-12H2,(H2,17,22,23)/t14-/m0/s1. The highest BCUT2D eigenvalue weighted by Gasteiger charge is 2.28. The number of aromatic nitrogens is 2. The Morgan fingerprint density at radius 3 is 2.67 bits per heavy atom. The van der Waals surface area contributed by atoms with Gasteiger partial charge in [0.25, 0.3) is 0 Å². The van der Waals surface area contributed by atoms with Crippen molar-refractivity contribution in [3.8, 4) is 0 Å². The summed E-state index contributed by atoms with van der Waals surface area (Å²) in [5.41, 5.74) is 0.775. The maximum atomic E-state index is 12.6. The lowest BCUT2D eigenvalue weighted by Crippen LogP contribution is -2.39. The number of nitrogens with two attached hydrogens (primary N) is 1. The number of rotatable bonds is 5. The molecule has 1 aliphatic rings. The van der Waals surface area contributed by atoms with E-state index in [4.69, 9.17) is 5.14 Å². The van der Waals surface area contributed by atoms with Crippen LogP contribution in [0.5, 0.6) is 0 Å². The Balaban J connectivity index is 1.65. The summed E-state index contributed by atoms with van der Waals surface area (Å²) in [5, 5.41) is 9.28. The van der Waals surface area contributed by atoms with Crippen molar-refractivity contribution in [2.45, 2.75) is 36.7 Å². The fraction of sp³-hybridized carbons (Fsp3) is 0.375. The highest BCUT2D eigenvalue weighted by atomic mass is 32.2. The van der Waals surface area contributed by atoms with Crippen molar-refractivity contribution >= 4 is 15.9 Å². The van der Waals surface area contributed by atoms with Crippen LogP contribution in [0.4, 0.5) is 0 Å². The van der Waals surface area contributed by atoms with Gasteiger partial charge in [-0.1, -0.05) is 12.1 Å². The zero-order valence-corrected chi connectivity index (χ0v) is 14.0. The molecule has 24 heavy (non-hydrogen) atoms. The second kappa shape index (κ2) is 6.74. The molecule has 128 valence electrons. The first kappa shape index (κ1) is 16.7. The zero-order valence-electron chi connectivity index (χ0n) is 13.2. The van der Waals surface area contributed by atoms with E-state index in [1.807, 2.05) is 21.8 Å². The average molecular weight is 348 g/mol. The van der Waals surface area contributed by atoms with Crippen molar-refractivity contribution in [2.75, 3.05) is 6.54 Å². The van der Waals surface area contributed by atoms with E-state index in [1.54, 1.807) is 18.3 Å². The van der Waals surface area contributed by atoms with Gasteiger partial charge in [-0.3, -0.25) is 9.48 Å². The molecule has 0 spiro atoms. The summed E-state index contributed by atoms with van der Waals surface area (Å²) >= 11 is 0. The van der Waals surface area contributed by atoms with Crippen LogP contribution in [0.15, 0.2) is 47.6 Å². The van der Waals surface area contributed by atoms with Gasteiger partial charge >= 0.3 is 0 Å². The molecule has 1 fully saturated rings. The molecule has 0 radical (unpaired) electrons. The molecule has 2 aromatic rings. The molecular formula is C16H20N4O3S. The quantitative estimate of drug-likeness (QED) is 0.862. The maximum absolute atomic E-state index is 12.6. The minimum absolute atomic E-state index is 0.0491. The second-order valence-electron chi connectivity index (χ2n) is 5.98. The van der Waals surface area contributed by atoms with Crippen LogP contribution in [0.25, 0.3) is 0 Å². The van der Waals surface area contributed by atoms with Crippen LogP contribution in [-0.4, -0.2) is 41.6 Å². The van der Waals surface area contributed by atoms with Crippen LogP contribution in [0, 0.1) is 0 Å². The van der Waals surface area contributed by atoms with Crippen molar-refractivity contribution in [1.29, 1.82) is 0 Å². The van der Waals surface area contributed by atoms with Gasteiger partial charge < -0.3 is 4.90 Å². The van der Waals surface area contributed by atoms with Crippen molar-refractivity contribution in [3.05, 3.63) is 48.3 Å². The first-order valence-corrected chi connectivity index (χ1v) is 9.37. The van der Waals surface area contributed by atoms with E-state index in [1.165, 1.54) is 12.1 Å². The lowest BCUT2D eigenvalue weighted by Gasteiger charge is -2.25. The Kier molecular flexibility index (Phi) is 4.68. The van der Waals surface area contributed by atoms with E-state index in [-0.39, 0.29) is 23.3 Å². The molecule has 2 N–H and O–H groups in total. The zero-order chi connectivity index (χ0) is 17.2. The minimum atomic E-state index is -3.71. The first-order valence-electron chi connectivity index (χ1n) is 7.82. The summed E-state index contributed by atoms with van der Waals surface area (Å²) in [5.74, 6) is 0.0491. The Morgan fingerprint density at radius 2 is 2.04 bits per heavy atom. The third-order valence-corrected chi connectivity index (χ3v) is 5.19. The fourth-order valence-corrected chi connectivity index (χ4v) is 3.57. The lowest BCUT2D eigenvalue weighted by atomic mass is 10.1. The van der Waals surface area contributed by atoms with Crippen LogP contribution >= 0.6 is 0 Å². The van der Waals surface area contributed by atoms with Crippen LogP contribution in [0.3, 0.4) is 0 Å². The molecular weight excluding hydrogens is 328 g/mol. The SMILES string of the molecule is NS(=O)(=O)c1ccc(CC(=O)N2CCC[C@H]2Cn2cccn2)cc1. The lowest BCUT2D eigenvalue weighted by molar-refractivity contribution is -0.131. The predicted molar refractivity (Wildman–Crippen MR) is 88.5 cm³/mol. The van der Waals surface area contributed by atoms with E-state index in [0.717, 1.165) is 24.9 Å². The number of hydrogen-bond donors (Lipinski definition) is 1. The van der Waals surface area contributed by atoms with Gasteiger partial charge in [-0.25, -0.2) is 13.6 Å². The summed E-state index contributed by atoms with van der Waals surface area (Å²) < 4.78 is 24.4. The van der Waals surface area contributed by atoms with Crippen molar-refractivity contribution < 1.29 is 13.2 Å². The Hall–Kier alpha value is -2.19. The second-order valence-corrected chi connectivity index (χ2v) is 7.54. The summed E-state index contributed by atoms with van der Waals surface area (Å²) in [6.45, 7) is 1.45. The monoisotopic (exact) mass is 348 g/mol. The number of hydrogen-bond acceptors (Lipinski definition) is 4. The summed E-state index contributed by atoms with van der Waals surface area (Å²) in [6.07, 6.45) is 5.83. The van der Waals surface area contributed by atoms with Gasteiger partial charge in [0.1, 0.15) is 0 Å². The number of sulfonamides is 1. The van der Waals surface area contributed by atoms with Crippen molar-refractivity contribution in [2.24, 2.45) is 5.14 Å². The van der Waals surface area contributed by atoms with Crippen molar-refractivity contribution in [1.82, 2.24) is 14.7 Å². The van der Waals surface area contributed by atoms with Gasteiger partial charge in [-0.2, -0.15) is 5.10 Å². The Bertz CT molecular complexity index is 800. The summed E-state index contributed by atoms with van der Waals surface area (Å²) in [6, 6.07) is 8.16. The molecule has 1 saturated heterocycles. The van der Waals surface area contributed by atoms with Crippen LogP contribution in [0.1, 0.15) is 18.4 Å². The third kappa shape index (κ3) is 3.82. The van der Waals surface area contributed by atoms with E-state index >= 15 is 0 Å². The van der Waals surface area contributed by atoms with Gasteiger partial charge in [0, 0.05) is 18.9 Å². The molecule has 1 aromatic heterocycles. The van der Waals surface area contributed by atoms with Crippen LogP contribution in [-0.2, 0) is 27.8 Å². The van der Waals surface area contributed by atoms with Gasteiger partial charge in [-0.15, -0.1) is 0 Å². The predicted octanol–water partition coefficient (Wildman–Crippen LogP) is 0.764. The molecule has 1 aromatic carbocycles. The highest BCUT2D eigenvalue weighted by molar-refractivity contribution is 7.89. The van der Waals surface area contributed by atoms with E-state index in [0.29, 0.717) is 6.54 Å². The molecule has 1 atom stereocenters. The van der Waals surface area contributed by atoms with Crippen LogP contribution in [0.2, 0.25) is 0 Å². The van der Waals surface area contributed by atoms with Gasteiger partial charge in [-0.05, 0) is 36.6 Å². The van der Waals surface area contributed by atoms with Crippen molar-refractivity contribution in [3.63, 3.8) is 0 Å². The Labute approximate surface area is 141 Å². The third-order valence-electron chi connectivity index (χ3n) is 4.26. The average Bonchev–Trinajstić information content (AvgIpc) is 3.19. The van der Waals surface area contributed by atoms with Crippen LogP contribution < -0.4 is 5.14 Å². The number of nitrogens with zero attached hydrogens (tertiary/aromatic N) is 3. The van der Waals surface area contributed by atoms with Gasteiger partial charge in [0.2, 0.25) is 15.9 Å². The number of primary sulfonamides is 1. The molecule has 0 bridgehead atoms. The fourth-order valence-electron chi connectivity index (χ4n) is 3.05. The molecule has 0 saturated carbocycles. The molecule has 0 aliphatic carbocycles. The number of likely N-dealkylation sites (tertiary alicyclic amines) is 1. The van der Waals surface area contributed by atoms with Gasteiger partial charge in [0.05, 0.1) is 23.9 Å². The van der Waals surface area contributed by atoms with E-state index in [9.17, 15) is 13.2 Å². The number of amides is 1. The summed E-state index contributed by atoms with van der Waals surface area (Å²) in [4.78, 5) is 14.5. The van der Waals surface area contributed by atoms with E-state index < -0.39 is 10.0 Å². The largest absolute Gasteiger partial charge is 0.338 e. The normalized spacial score (nSPS) is 18.0. The Morgan fingerprint density at radius 1 is 1.29 bits per heavy atom. The minimum Gasteiger partial charge on any atom is -0.338 e. The van der Waals surface area contributed by atoms with E-state index in [2.05, 4.69) is 5.10 Å². The molecule has 0 unspecified atom stereocenters.